The molecule has 1 heterocycles. The third kappa shape index (κ3) is 3.59. The van der Waals surface area contributed by atoms with Crippen molar-refractivity contribution < 1.29 is 9.50 Å². The Morgan fingerprint density at radius 1 is 1.42 bits per heavy atom. The first-order chi connectivity index (χ1) is 8.99. The molecule has 0 bridgehead atoms. The second kappa shape index (κ2) is 5.77. The molecule has 1 aromatic carbocycles. The highest BCUT2D eigenvalue weighted by molar-refractivity contribution is 7.09. The van der Waals surface area contributed by atoms with Gasteiger partial charge in [0.25, 0.3) is 0 Å². The van der Waals surface area contributed by atoms with Gasteiger partial charge in [-0.2, -0.15) is 0 Å². The minimum atomic E-state index is -1.04. The Kier molecular flexibility index (Phi) is 4.29. The van der Waals surface area contributed by atoms with Gasteiger partial charge in [-0.3, -0.25) is 0 Å². The molecular formula is C14H17FN2OS. The van der Waals surface area contributed by atoms with Gasteiger partial charge in [-0.25, -0.2) is 9.37 Å². The molecule has 0 amide bonds. The first-order valence-electron chi connectivity index (χ1n) is 6.10. The molecule has 0 aliphatic carbocycles. The predicted octanol–water partition coefficient (Wildman–Crippen LogP) is 2.84. The molecule has 0 aliphatic heterocycles. The minimum Gasteiger partial charge on any atom is -0.384 e. The Labute approximate surface area is 116 Å². The number of rotatable bonds is 5. The van der Waals surface area contributed by atoms with Crippen molar-refractivity contribution in [1.82, 2.24) is 10.3 Å². The van der Waals surface area contributed by atoms with E-state index >= 15 is 0 Å². The molecule has 5 heteroatoms. The van der Waals surface area contributed by atoms with Crippen LogP contribution in [0, 0.1) is 5.82 Å². The molecule has 102 valence electrons. The van der Waals surface area contributed by atoms with E-state index in [9.17, 15) is 9.50 Å². The first-order valence-corrected chi connectivity index (χ1v) is 6.98. The molecule has 0 fully saturated rings. The molecule has 2 unspecified atom stereocenters. The van der Waals surface area contributed by atoms with Gasteiger partial charge in [0.05, 0.1) is 11.6 Å². The number of nitrogens with zero attached hydrogens (tertiary/aromatic N) is 1. The Morgan fingerprint density at radius 2 is 2.11 bits per heavy atom. The molecule has 0 radical (unpaired) electrons. The molecule has 0 saturated heterocycles. The lowest BCUT2D eigenvalue weighted by Gasteiger charge is -2.26. The van der Waals surface area contributed by atoms with Gasteiger partial charge >= 0.3 is 0 Å². The average Bonchev–Trinajstić information content (AvgIpc) is 2.90. The number of hydrogen-bond donors (Lipinski definition) is 2. The second-order valence-corrected chi connectivity index (χ2v) is 5.68. The minimum absolute atomic E-state index is 0.0759. The standard InChI is InChI=1S/C14H17FN2OS/c1-10(13-16-7-8-19-13)17-9-14(2,18)11-3-5-12(15)6-4-11/h3-8,10,17-18H,9H2,1-2H3. The van der Waals surface area contributed by atoms with Gasteiger partial charge in [0, 0.05) is 18.1 Å². The smallest absolute Gasteiger partial charge is 0.123 e. The molecule has 2 N–H and O–H groups in total. The fraction of sp³-hybridized carbons (Fsp3) is 0.357. The zero-order chi connectivity index (χ0) is 13.9. The van der Waals surface area contributed by atoms with E-state index in [4.69, 9.17) is 0 Å². The van der Waals surface area contributed by atoms with Crippen LogP contribution in [0.5, 0.6) is 0 Å². The molecule has 0 saturated carbocycles. The highest BCUT2D eigenvalue weighted by Gasteiger charge is 2.24. The second-order valence-electron chi connectivity index (χ2n) is 4.75. The predicted molar refractivity (Wildman–Crippen MR) is 74.5 cm³/mol. The zero-order valence-corrected chi connectivity index (χ0v) is 11.7. The van der Waals surface area contributed by atoms with Crippen LogP contribution in [-0.4, -0.2) is 16.6 Å². The maximum atomic E-state index is 12.9. The van der Waals surface area contributed by atoms with E-state index in [-0.39, 0.29) is 11.9 Å². The highest BCUT2D eigenvalue weighted by atomic mass is 32.1. The van der Waals surface area contributed by atoms with Crippen molar-refractivity contribution in [2.75, 3.05) is 6.54 Å². The molecule has 2 atom stereocenters. The van der Waals surface area contributed by atoms with Crippen LogP contribution in [0.3, 0.4) is 0 Å². The van der Waals surface area contributed by atoms with Crippen molar-refractivity contribution in [2.45, 2.75) is 25.5 Å². The lowest BCUT2D eigenvalue weighted by Crippen LogP contribution is -2.36. The molecule has 0 spiro atoms. The number of benzene rings is 1. The molecule has 2 rings (SSSR count). The summed E-state index contributed by atoms with van der Waals surface area (Å²) in [5.41, 5.74) is -0.355. The van der Waals surface area contributed by atoms with E-state index in [1.165, 1.54) is 12.1 Å². The lowest BCUT2D eigenvalue weighted by molar-refractivity contribution is 0.0543. The zero-order valence-electron chi connectivity index (χ0n) is 10.9. The summed E-state index contributed by atoms with van der Waals surface area (Å²) < 4.78 is 12.9. The van der Waals surface area contributed by atoms with Crippen LogP contribution in [-0.2, 0) is 5.60 Å². The molecule has 3 nitrogen and oxygen atoms in total. The van der Waals surface area contributed by atoms with E-state index in [1.807, 2.05) is 12.3 Å². The van der Waals surface area contributed by atoms with Crippen molar-refractivity contribution in [3.63, 3.8) is 0 Å². The summed E-state index contributed by atoms with van der Waals surface area (Å²) in [6.45, 7) is 4.08. The summed E-state index contributed by atoms with van der Waals surface area (Å²) in [6, 6.07) is 5.99. The SMILES string of the molecule is CC(NCC(C)(O)c1ccc(F)cc1)c1nccs1. The van der Waals surface area contributed by atoms with Crippen LogP contribution in [0.15, 0.2) is 35.8 Å². The van der Waals surface area contributed by atoms with Crippen LogP contribution >= 0.6 is 11.3 Å². The maximum absolute atomic E-state index is 12.9. The van der Waals surface area contributed by atoms with Gasteiger partial charge in [-0.05, 0) is 31.5 Å². The van der Waals surface area contributed by atoms with Crippen molar-refractivity contribution in [3.05, 3.63) is 52.2 Å². The Bertz CT molecular complexity index is 511. The number of aromatic nitrogens is 1. The molecular weight excluding hydrogens is 263 g/mol. The van der Waals surface area contributed by atoms with Gasteiger partial charge in [0.15, 0.2) is 0 Å². The van der Waals surface area contributed by atoms with Crippen molar-refractivity contribution in [3.8, 4) is 0 Å². The van der Waals surface area contributed by atoms with Crippen molar-refractivity contribution in [2.24, 2.45) is 0 Å². The Morgan fingerprint density at radius 3 is 2.68 bits per heavy atom. The summed E-state index contributed by atoms with van der Waals surface area (Å²) in [6.07, 6.45) is 1.76. The van der Waals surface area contributed by atoms with E-state index in [0.29, 0.717) is 12.1 Å². The normalized spacial score (nSPS) is 16.0. The molecule has 19 heavy (non-hydrogen) atoms. The van der Waals surface area contributed by atoms with Gasteiger partial charge in [0.2, 0.25) is 0 Å². The van der Waals surface area contributed by atoms with Crippen LogP contribution in [0.4, 0.5) is 4.39 Å². The van der Waals surface area contributed by atoms with Crippen LogP contribution in [0.2, 0.25) is 0 Å². The van der Waals surface area contributed by atoms with Gasteiger partial charge < -0.3 is 10.4 Å². The largest absolute Gasteiger partial charge is 0.384 e. The van der Waals surface area contributed by atoms with Gasteiger partial charge in [-0.1, -0.05) is 12.1 Å². The number of nitrogens with one attached hydrogen (secondary N) is 1. The van der Waals surface area contributed by atoms with E-state index < -0.39 is 5.60 Å². The summed E-state index contributed by atoms with van der Waals surface area (Å²) in [5.74, 6) is -0.302. The van der Waals surface area contributed by atoms with Crippen LogP contribution in [0.1, 0.15) is 30.5 Å². The summed E-state index contributed by atoms with van der Waals surface area (Å²) in [4.78, 5) is 4.23. The van der Waals surface area contributed by atoms with Crippen molar-refractivity contribution in [1.29, 1.82) is 0 Å². The quantitative estimate of drug-likeness (QED) is 0.885. The van der Waals surface area contributed by atoms with E-state index in [2.05, 4.69) is 10.3 Å². The average molecular weight is 280 g/mol. The van der Waals surface area contributed by atoms with Crippen molar-refractivity contribution >= 4 is 11.3 Å². The van der Waals surface area contributed by atoms with Crippen LogP contribution in [0.25, 0.3) is 0 Å². The third-order valence-corrected chi connectivity index (χ3v) is 4.00. The highest BCUT2D eigenvalue weighted by Crippen LogP contribution is 2.22. The van der Waals surface area contributed by atoms with Gasteiger partial charge in [0.1, 0.15) is 10.8 Å². The first kappa shape index (κ1) is 14.1. The summed E-state index contributed by atoms with van der Waals surface area (Å²) in [5, 5.41) is 16.6. The fourth-order valence-corrected chi connectivity index (χ4v) is 2.47. The monoisotopic (exact) mass is 280 g/mol. The van der Waals surface area contributed by atoms with E-state index in [0.717, 1.165) is 5.01 Å². The molecule has 2 aromatic rings. The van der Waals surface area contributed by atoms with Gasteiger partial charge in [-0.15, -0.1) is 11.3 Å². The summed E-state index contributed by atoms with van der Waals surface area (Å²) in [7, 11) is 0. The van der Waals surface area contributed by atoms with Crippen LogP contribution < -0.4 is 5.32 Å². The number of thiazole rings is 1. The Hall–Kier alpha value is -1.30. The third-order valence-electron chi connectivity index (χ3n) is 3.04. The lowest BCUT2D eigenvalue weighted by atomic mass is 9.96. The fourth-order valence-electron chi connectivity index (χ4n) is 1.80. The molecule has 0 aliphatic rings. The Balaban J connectivity index is 1.99. The number of aliphatic hydroxyl groups is 1. The van der Waals surface area contributed by atoms with E-state index in [1.54, 1.807) is 36.6 Å². The molecule has 1 aromatic heterocycles. The maximum Gasteiger partial charge on any atom is 0.123 e. The summed E-state index contributed by atoms with van der Waals surface area (Å²) >= 11 is 1.57. The number of hydrogen-bond acceptors (Lipinski definition) is 4. The topological polar surface area (TPSA) is 45.1 Å². The number of halogens is 1.